The molecule has 0 aliphatic heterocycles. The largest absolute Gasteiger partial charge is 0.492 e. The predicted octanol–water partition coefficient (Wildman–Crippen LogP) is 5.99. The van der Waals surface area contributed by atoms with Gasteiger partial charge < -0.3 is 9.47 Å². The summed E-state index contributed by atoms with van der Waals surface area (Å²) in [7, 11) is 0. The van der Waals surface area contributed by atoms with Crippen molar-refractivity contribution in [1.29, 1.82) is 0 Å². The van der Waals surface area contributed by atoms with Gasteiger partial charge in [0, 0.05) is 22.6 Å². The number of halogens is 2. The number of ether oxygens (including phenoxy) is 2. The van der Waals surface area contributed by atoms with Crippen molar-refractivity contribution >= 4 is 35.0 Å². The molecule has 0 saturated carbocycles. The van der Waals surface area contributed by atoms with Crippen LogP contribution in [-0.4, -0.2) is 18.4 Å². The Morgan fingerprint density at radius 3 is 2.21 bits per heavy atom. The van der Waals surface area contributed by atoms with Crippen LogP contribution < -0.4 is 9.47 Å². The number of carbonyl (C=O) groups excluding carboxylic acids is 2. The molecule has 0 aliphatic rings. The Balaban J connectivity index is 1.45. The molecule has 0 N–H and O–H groups in total. The molecule has 29 heavy (non-hydrogen) atoms. The Morgan fingerprint density at radius 2 is 1.52 bits per heavy atom. The van der Waals surface area contributed by atoms with E-state index in [0.29, 0.717) is 45.7 Å². The maximum atomic E-state index is 12.4. The number of hydrogen-bond acceptors (Lipinski definition) is 4. The molecule has 0 amide bonds. The molecule has 0 unspecified atom stereocenters. The summed E-state index contributed by atoms with van der Waals surface area (Å²) in [6.45, 7) is 0.320. The highest BCUT2D eigenvalue weighted by Gasteiger charge is 2.10. The summed E-state index contributed by atoms with van der Waals surface area (Å²) in [5, 5.41) is 0.952. The molecule has 148 valence electrons. The lowest BCUT2D eigenvalue weighted by molar-refractivity contribution is -0.134. The quantitative estimate of drug-likeness (QED) is 0.191. The van der Waals surface area contributed by atoms with E-state index in [1.807, 2.05) is 18.2 Å². The molecule has 0 atom stereocenters. The first kappa shape index (κ1) is 20.9. The summed E-state index contributed by atoms with van der Waals surface area (Å²) in [5.74, 6) is 0.448. The van der Waals surface area contributed by atoms with E-state index in [1.165, 1.54) is 0 Å². The van der Waals surface area contributed by atoms with Crippen LogP contribution in [0.25, 0.3) is 0 Å². The fourth-order valence-corrected chi connectivity index (χ4v) is 3.07. The zero-order valence-corrected chi connectivity index (χ0v) is 17.0. The number of benzene rings is 3. The number of rotatable bonds is 8. The fraction of sp³-hybridized carbons (Fsp3) is 0.130. The van der Waals surface area contributed by atoms with Crippen LogP contribution in [0.3, 0.4) is 0 Å². The molecule has 3 rings (SSSR count). The summed E-state index contributed by atoms with van der Waals surface area (Å²) >= 11 is 11.9. The first-order valence-corrected chi connectivity index (χ1v) is 9.77. The zero-order valence-electron chi connectivity index (χ0n) is 15.4. The summed E-state index contributed by atoms with van der Waals surface area (Å²) < 4.78 is 10.8. The maximum Gasteiger partial charge on any atom is 0.311 e. The molecule has 0 aliphatic carbocycles. The smallest absolute Gasteiger partial charge is 0.311 e. The highest BCUT2D eigenvalue weighted by atomic mass is 35.5. The second kappa shape index (κ2) is 10.1. The van der Waals surface area contributed by atoms with Crippen LogP contribution in [-0.2, 0) is 4.79 Å². The van der Waals surface area contributed by atoms with Crippen molar-refractivity contribution in [3.05, 3.63) is 94.0 Å². The third kappa shape index (κ3) is 6.08. The number of hydrogen-bond donors (Lipinski definition) is 0. The molecule has 4 nitrogen and oxygen atoms in total. The summed E-state index contributed by atoms with van der Waals surface area (Å²) in [6, 6.07) is 20.5. The average Bonchev–Trinajstić information content (AvgIpc) is 2.73. The molecule has 0 heterocycles. The van der Waals surface area contributed by atoms with Crippen LogP contribution in [0.5, 0.6) is 11.5 Å². The van der Waals surface area contributed by atoms with Crippen LogP contribution in [0.15, 0.2) is 72.8 Å². The summed E-state index contributed by atoms with van der Waals surface area (Å²) in [4.78, 5) is 24.4. The Labute approximate surface area is 179 Å². The molecule has 6 heteroatoms. The molecular weight excluding hydrogens is 411 g/mol. The minimum atomic E-state index is -0.377. The molecule has 3 aromatic carbocycles. The van der Waals surface area contributed by atoms with E-state index in [-0.39, 0.29) is 18.2 Å². The van der Waals surface area contributed by atoms with Gasteiger partial charge in [0.05, 0.1) is 11.6 Å². The topological polar surface area (TPSA) is 52.6 Å². The lowest BCUT2D eigenvalue weighted by Gasteiger charge is -2.08. The minimum absolute atomic E-state index is 0.0820. The summed E-state index contributed by atoms with van der Waals surface area (Å²) in [6.07, 6.45) is 0.665. The van der Waals surface area contributed by atoms with Crippen molar-refractivity contribution in [3.63, 3.8) is 0 Å². The van der Waals surface area contributed by atoms with E-state index < -0.39 is 0 Å². The van der Waals surface area contributed by atoms with Crippen LogP contribution in [0.2, 0.25) is 10.0 Å². The lowest BCUT2D eigenvalue weighted by Crippen LogP contribution is -2.10. The van der Waals surface area contributed by atoms with Crippen molar-refractivity contribution in [2.45, 2.75) is 12.8 Å². The van der Waals surface area contributed by atoms with Gasteiger partial charge in [-0.1, -0.05) is 53.5 Å². The standard InChI is InChI=1S/C23H18Cl2O4/c24-18-10-13-21(20(25)15-18)28-14-4-7-22(26)29-19-11-8-17(9-12-19)23(27)16-5-2-1-3-6-16/h1-3,5-6,8-13,15H,4,7,14H2. The molecule has 0 spiro atoms. The molecule has 0 radical (unpaired) electrons. The van der Waals surface area contributed by atoms with E-state index in [0.717, 1.165) is 0 Å². The molecule has 3 aromatic rings. The predicted molar refractivity (Wildman–Crippen MR) is 113 cm³/mol. The normalized spacial score (nSPS) is 10.4. The average molecular weight is 429 g/mol. The van der Waals surface area contributed by atoms with E-state index in [1.54, 1.807) is 54.6 Å². The molecule has 0 bridgehead atoms. The van der Waals surface area contributed by atoms with Crippen LogP contribution in [0.1, 0.15) is 28.8 Å². The van der Waals surface area contributed by atoms with E-state index in [4.69, 9.17) is 32.7 Å². The van der Waals surface area contributed by atoms with Crippen molar-refractivity contribution < 1.29 is 19.1 Å². The van der Waals surface area contributed by atoms with Crippen LogP contribution in [0, 0.1) is 0 Å². The van der Waals surface area contributed by atoms with E-state index >= 15 is 0 Å². The fourth-order valence-electron chi connectivity index (χ4n) is 2.60. The number of esters is 1. The van der Waals surface area contributed by atoms with Gasteiger partial charge in [-0.25, -0.2) is 0 Å². The third-order valence-corrected chi connectivity index (χ3v) is 4.59. The van der Waals surface area contributed by atoms with E-state index in [9.17, 15) is 9.59 Å². The van der Waals surface area contributed by atoms with Crippen LogP contribution in [0.4, 0.5) is 0 Å². The van der Waals surface area contributed by atoms with Gasteiger partial charge in [-0.3, -0.25) is 9.59 Å². The van der Waals surface area contributed by atoms with Gasteiger partial charge in [-0.15, -0.1) is 0 Å². The SMILES string of the molecule is O=C(CCCOc1ccc(Cl)cc1Cl)Oc1ccc(C(=O)c2ccccc2)cc1. The van der Waals surface area contributed by atoms with Crippen molar-refractivity contribution in [2.24, 2.45) is 0 Å². The third-order valence-electron chi connectivity index (χ3n) is 4.06. The molecule has 0 saturated heterocycles. The molecule has 0 aromatic heterocycles. The first-order chi connectivity index (χ1) is 14.0. The lowest BCUT2D eigenvalue weighted by atomic mass is 10.0. The first-order valence-electron chi connectivity index (χ1n) is 9.01. The second-order valence-electron chi connectivity index (χ2n) is 6.22. The number of ketones is 1. The van der Waals surface area contributed by atoms with Gasteiger partial charge >= 0.3 is 5.97 Å². The summed E-state index contributed by atoms with van der Waals surface area (Å²) in [5.41, 5.74) is 1.14. The van der Waals surface area contributed by atoms with Gasteiger partial charge in [0.25, 0.3) is 0 Å². The highest BCUT2D eigenvalue weighted by molar-refractivity contribution is 6.35. The highest BCUT2D eigenvalue weighted by Crippen LogP contribution is 2.27. The monoisotopic (exact) mass is 428 g/mol. The Bertz CT molecular complexity index is 986. The molecule has 0 fully saturated rings. The van der Waals surface area contributed by atoms with Crippen molar-refractivity contribution in [3.8, 4) is 11.5 Å². The Hall–Kier alpha value is -2.82. The van der Waals surface area contributed by atoms with Crippen molar-refractivity contribution in [1.82, 2.24) is 0 Å². The van der Waals surface area contributed by atoms with Gasteiger partial charge in [0.15, 0.2) is 5.78 Å². The van der Waals surface area contributed by atoms with Gasteiger partial charge in [-0.2, -0.15) is 0 Å². The minimum Gasteiger partial charge on any atom is -0.492 e. The second-order valence-corrected chi connectivity index (χ2v) is 7.06. The molecular formula is C23H18Cl2O4. The van der Waals surface area contributed by atoms with Gasteiger partial charge in [0.1, 0.15) is 11.5 Å². The maximum absolute atomic E-state index is 12.4. The Morgan fingerprint density at radius 1 is 0.828 bits per heavy atom. The zero-order chi connectivity index (χ0) is 20.6. The van der Waals surface area contributed by atoms with Gasteiger partial charge in [-0.05, 0) is 48.9 Å². The van der Waals surface area contributed by atoms with Gasteiger partial charge in [0.2, 0.25) is 0 Å². The number of carbonyl (C=O) groups is 2. The van der Waals surface area contributed by atoms with E-state index in [2.05, 4.69) is 0 Å². The van der Waals surface area contributed by atoms with Crippen molar-refractivity contribution in [2.75, 3.05) is 6.61 Å². The Kier molecular flexibility index (Phi) is 7.28. The van der Waals surface area contributed by atoms with Crippen LogP contribution >= 0.6 is 23.2 Å².